The molecule has 0 saturated heterocycles. The number of hydrogen-bond acceptors (Lipinski definition) is 2. The summed E-state index contributed by atoms with van der Waals surface area (Å²) in [6.07, 6.45) is 2.40. The maximum atomic E-state index is 10.8. The number of thiol groups is 1. The van der Waals surface area contributed by atoms with Gasteiger partial charge in [-0.2, -0.15) is 12.6 Å². The summed E-state index contributed by atoms with van der Waals surface area (Å²) in [5.74, 6) is 1.23. The molecule has 122 valence electrons. The minimum atomic E-state index is 0.422. The third kappa shape index (κ3) is 4.21. The summed E-state index contributed by atoms with van der Waals surface area (Å²) < 4.78 is 0. The first kappa shape index (κ1) is 16.7. The Hall–Kier alpha value is -2.19. The molecule has 0 aromatic heterocycles. The molecule has 0 heterocycles. The molecule has 24 heavy (non-hydrogen) atoms. The Labute approximate surface area is 149 Å². The van der Waals surface area contributed by atoms with Crippen LogP contribution in [-0.2, 0) is 19.3 Å². The lowest BCUT2D eigenvalue weighted by molar-refractivity contribution is 0.463. The average Bonchev–Trinajstić information content (AvgIpc) is 2.61. The van der Waals surface area contributed by atoms with Gasteiger partial charge in [0.2, 0.25) is 0 Å². The molecule has 0 spiro atoms. The molecule has 0 saturated carbocycles. The zero-order valence-electron chi connectivity index (χ0n) is 13.7. The molecule has 0 fully saturated rings. The lowest BCUT2D eigenvalue weighted by Gasteiger charge is -2.13. The first-order valence-corrected chi connectivity index (χ1v) is 8.92. The monoisotopic (exact) mass is 334 g/mol. The molecule has 0 atom stereocenters. The van der Waals surface area contributed by atoms with Gasteiger partial charge in [0.25, 0.3) is 0 Å². The van der Waals surface area contributed by atoms with Crippen LogP contribution in [0.15, 0.2) is 72.8 Å². The van der Waals surface area contributed by atoms with Crippen molar-refractivity contribution in [2.75, 3.05) is 5.75 Å². The van der Waals surface area contributed by atoms with E-state index in [9.17, 15) is 5.11 Å². The first-order valence-electron chi connectivity index (χ1n) is 8.28. The number of rotatable bonds is 6. The van der Waals surface area contributed by atoms with Crippen molar-refractivity contribution in [2.45, 2.75) is 19.3 Å². The fourth-order valence-corrected chi connectivity index (χ4v) is 3.26. The topological polar surface area (TPSA) is 20.2 Å². The maximum absolute atomic E-state index is 10.8. The Morgan fingerprint density at radius 1 is 0.667 bits per heavy atom. The molecule has 0 aliphatic rings. The van der Waals surface area contributed by atoms with Crippen molar-refractivity contribution in [3.63, 3.8) is 0 Å². The van der Waals surface area contributed by atoms with Gasteiger partial charge in [-0.3, -0.25) is 0 Å². The number of phenolic OH excluding ortho intramolecular Hbond substituents is 1. The van der Waals surface area contributed by atoms with Crippen LogP contribution in [0.3, 0.4) is 0 Å². The minimum absolute atomic E-state index is 0.422. The van der Waals surface area contributed by atoms with Crippen LogP contribution in [0.25, 0.3) is 0 Å². The van der Waals surface area contributed by atoms with Gasteiger partial charge in [-0.05, 0) is 40.0 Å². The average molecular weight is 334 g/mol. The largest absolute Gasteiger partial charge is 0.507 e. The second-order valence-corrected chi connectivity index (χ2v) is 6.51. The second-order valence-electron chi connectivity index (χ2n) is 6.06. The van der Waals surface area contributed by atoms with Crippen LogP contribution in [0.1, 0.15) is 27.8 Å². The van der Waals surface area contributed by atoms with Gasteiger partial charge >= 0.3 is 0 Å². The van der Waals surface area contributed by atoms with Crippen LogP contribution >= 0.6 is 12.6 Å². The van der Waals surface area contributed by atoms with Gasteiger partial charge in [0.05, 0.1) is 0 Å². The standard InChI is InChI=1S/C22H22OS/c23-22-20(13-17-7-3-1-4-8-17)15-19(11-12-24)16-21(22)14-18-9-5-2-6-10-18/h1-10,15-16,23-24H,11-14H2. The van der Waals surface area contributed by atoms with Crippen LogP contribution in [-0.4, -0.2) is 10.9 Å². The fraction of sp³-hybridized carbons (Fsp3) is 0.182. The highest BCUT2D eigenvalue weighted by Gasteiger charge is 2.11. The Morgan fingerprint density at radius 2 is 1.12 bits per heavy atom. The molecule has 3 aromatic rings. The Kier molecular flexibility index (Phi) is 5.60. The van der Waals surface area contributed by atoms with Gasteiger partial charge < -0.3 is 5.11 Å². The summed E-state index contributed by atoms with van der Waals surface area (Å²) >= 11 is 4.36. The highest BCUT2D eigenvalue weighted by Crippen LogP contribution is 2.29. The molecule has 3 rings (SSSR count). The number of hydrogen-bond donors (Lipinski definition) is 2. The second kappa shape index (κ2) is 8.07. The van der Waals surface area contributed by atoms with E-state index >= 15 is 0 Å². The van der Waals surface area contributed by atoms with Crippen molar-refractivity contribution >= 4 is 12.6 Å². The number of benzene rings is 3. The van der Waals surface area contributed by atoms with Gasteiger partial charge in [0.1, 0.15) is 5.75 Å². The van der Waals surface area contributed by atoms with Crippen molar-refractivity contribution in [3.8, 4) is 5.75 Å². The molecular formula is C22H22OS. The molecule has 3 aromatic carbocycles. The Morgan fingerprint density at radius 3 is 1.54 bits per heavy atom. The van der Waals surface area contributed by atoms with Crippen molar-refractivity contribution in [3.05, 3.63) is 101 Å². The zero-order chi connectivity index (χ0) is 16.8. The fourth-order valence-electron chi connectivity index (χ4n) is 3.01. The van der Waals surface area contributed by atoms with E-state index in [1.54, 1.807) is 0 Å². The van der Waals surface area contributed by atoms with E-state index in [1.807, 2.05) is 36.4 Å². The molecule has 1 nitrogen and oxygen atoms in total. The Balaban J connectivity index is 1.95. The molecule has 0 amide bonds. The molecular weight excluding hydrogens is 312 g/mol. The van der Waals surface area contributed by atoms with Gasteiger partial charge in [-0.25, -0.2) is 0 Å². The van der Waals surface area contributed by atoms with E-state index in [1.165, 1.54) is 16.7 Å². The van der Waals surface area contributed by atoms with Crippen molar-refractivity contribution < 1.29 is 5.11 Å². The maximum Gasteiger partial charge on any atom is 0.122 e. The van der Waals surface area contributed by atoms with Gasteiger partial charge in [-0.1, -0.05) is 72.8 Å². The highest BCUT2D eigenvalue weighted by atomic mass is 32.1. The third-order valence-corrected chi connectivity index (χ3v) is 4.43. The lowest BCUT2D eigenvalue weighted by atomic mass is 9.94. The van der Waals surface area contributed by atoms with Crippen LogP contribution in [0, 0.1) is 0 Å². The van der Waals surface area contributed by atoms with Crippen LogP contribution in [0.2, 0.25) is 0 Å². The number of phenols is 1. The summed E-state index contributed by atoms with van der Waals surface area (Å²) in [4.78, 5) is 0. The van der Waals surface area contributed by atoms with E-state index in [2.05, 4.69) is 49.0 Å². The van der Waals surface area contributed by atoms with Crippen LogP contribution in [0.4, 0.5) is 0 Å². The molecule has 1 N–H and O–H groups in total. The van der Waals surface area contributed by atoms with E-state index in [0.29, 0.717) is 5.75 Å². The summed E-state index contributed by atoms with van der Waals surface area (Å²) in [6.45, 7) is 0. The zero-order valence-corrected chi connectivity index (χ0v) is 14.5. The predicted molar refractivity (Wildman–Crippen MR) is 104 cm³/mol. The predicted octanol–water partition coefficient (Wildman–Crippen LogP) is 5.05. The minimum Gasteiger partial charge on any atom is -0.507 e. The molecule has 0 aliphatic carbocycles. The van der Waals surface area contributed by atoms with Crippen molar-refractivity contribution in [2.24, 2.45) is 0 Å². The van der Waals surface area contributed by atoms with E-state index in [-0.39, 0.29) is 0 Å². The van der Waals surface area contributed by atoms with Gasteiger partial charge in [0, 0.05) is 12.8 Å². The van der Waals surface area contributed by atoms with Gasteiger partial charge in [0.15, 0.2) is 0 Å². The smallest absolute Gasteiger partial charge is 0.122 e. The van der Waals surface area contributed by atoms with Crippen LogP contribution < -0.4 is 0 Å². The Bertz CT molecular complexity index is 719. The SMILES string of the molecule is Oc1c(Cc2ccccc2)cc(CCS)cc1Cc1ccccc1. The van der Waals surface area contributed by atoms with Crippen molar-refractivity contribution in [1.29, 1.82) is 0 Å². The summed E-state index contributed by atoms with van der Waals surface area (Å²) in [5, 5.41) is 10.8. The van der Waals surface area contributed by atoms with Crippen LogP contribution in [0.5, 0.6) is 5.75 Å². The van der Waals surface area contributed by atoms with E-state index in [4.69, 9.17) is 0 Å². The van der Waals surface area contributed by atoms with Crippen molar-refractivity contribution in [1.82, 2.24) is 0 Å². The third-order valence-electron chi connectivity index (χ3n) is 4.20. The number of aromatic hydroxyl groups is 1. The van der Waals surface area contributed by atoms with E-state index in [0.717, 1.165) is 36.1 Å². The molecule has 2 heteroatoms. The quantitative estimate of drug-likeness (QED) is 0.605. The lowest BCUT2D eigenvalue weighted by Crippen LogP contribution is -1.98. The first-order chi connectivity index (χ1) is 11.8. The van der Waals surface area contributed by atoms with E-state index < -0.39 is 0 Å². The summed E-state index contributed by atoms with van der Waals surface area (Å²) in [7, 11) is 0. The highest BCUT2D eigenvalue weighted by molar-refractivity contribution is 7.80. The summed E-state index contributed by atoms with van der Waals surface area (Å²) in [6, 6.07) is 24.8. The van der Waals surface area contributed by atoms with Gasteiger partial charge in [-0.15, -0.1) is 0 Å². The normalized spacial score (nSPS) is 10.7. The molecule has 0 unspecified atom stereocenters. The summed E-state index contributed by atoms with van der Waals surface area (Å²) in [5.41, 5.74) is 5.64. The molecule has 0 aliphatic heterocycles. The molecule has 0 radical (unpaired) electrons. The number of aryl methyl sites for hydroxylation is 1. The molecule has 0 bridgehead atoms.